The Morgan fingerprint density at radius 1 is 1.29 bits per heavy atom. The number of amides is 1. The quantitative estimate of drug-likeness (QED) is 0.602. The van der Waals surface area contributed by atoms with Gasteiger partial charge in [-0.25, -0.2) is 4.79 Å². The molecule has 0 aliphatic rings. The van der Waals surface area contributed by atoms with Crippen LogP contribution >= 0.6 is 0 Å². The van der Waals surface area contributed by atoms with E-state index in [1.54, 1.807) is 6.92 Å². The maximum Gasteiger partial charge on any atom is 0.340 e. The zero-order chi connectivity index (χ0) is 17.4. The maximum absolute atomic E-state index is 12.1. The zero-order valence-electron chi connectivity index (χ0n) is 13.6. The van der Waals surface area contributed by atoms with E-state index in [1.807, 2.05) is 24.3 Å². The van der Waals surface area contributed by atoms with Crippen LogP contribution in [0.25, 0.3) is 0 Å². The van der Waals surface area contributed by atoms with E-state index in [0.29, 0.717) is 29.8 Å². The van der Waals surface area contributed by atoms with Crippen molar-refractivity contribution in [1.82, 2.24) is 4.98 Å². The Balaban J connectivity index is 1.89. The fourth-order valence-electron chi connectivity index (χ4n) is 2.30. The number of aromatic nitrogens is 1. The third-order valence-corrected chi connectivity index (χ3v) is 3.41. The van der Waals surface area contributed by atoms with E-state index in [4.69, 9.17) is 10.5 Å². The second-order valence-corrected chi connectivity index (χ2v) is 5.29. The van der Waals surface area contributed by atoms with E-state index in [-0.39, 0.29) is 12.5 Å². The van der Waals surface area contributed by atoms with Gasteiger partial charge in [0, 0.05) is 18.3 Å². The maximum atomic E-state index is 12.1. The van der Waals surface area contributed by atoms with E-state index in [2.05, 4.69) is 10.3 Å². The van der Waals surface area contributed by atoms with E-state index in [1.165, 1.54) is 18.5 Å². The largest absolute Gasteiger partial charge is 0.462 e. The number of pyridine rings is 1. The number of hydrogen-bond acceptors (Lipinski definition) is 5. The summed E-state index contributed by atoms with van der Waals surface area (Å²) in [5.41, 5.74) is 8.21. The molecule has 0 saturated carbocycles. The topological polar surface area (TPSA) is 94.3 Å². The summed E-state index contributed by atoms with van der Waals surface area (Å²) in [5, 5.41) is 2.72. The molecule has 1 aromatic carbocycles. The molecule has 0 atom stereocenters. The molecule has 1 heterocycles. The molecule has 0 aliphatic heterocycles. The number of aryl methyl sites for hydroxylation is 1. The Bertz CT molecular complexity index is 716. The van der Waals surface area contributed by atoms with Crippen molar-refractivity contribution in [3.8, 4) is 0 Å². The molecule has 24 heavy (non-hydrogen) atoms. The second kappa shape index (κ2) is 8.67. The number of carbonyl (C=O) groups excluding carboxylic acids is 2. The summed E-state index contributed by atoms with van der Waals surface area (Å²) < 4.78 is 4.97. The molecule has 1 amide bonds. The van der Waals surface area contributed by atoms with Gasteiger partial charge >= 0.3 is 5.97 Å². The van der Waals surface area contributed by atoms with Crippen LogP contribution in [0.15, 0.2) is 42.7 Å². The minimum absolute atomic E-state index is 0.169. The molecule has 0 saturated heterocycles. The Morgan fingerprint density at radius 2 is 2.12 bits per heavy atom. The molecule has 2 aromatic rings. The standard InChI is InChI=1S/C18H21N3O3/c1-2-24-18(23)15-9-10-20-12-16(15)21-17(22)8-4-6-13-5-3-7-14(19)11-13/h3,5,7,9-12H,2,4,6,8,19H2,1H3,(H,21,22). The lowest BCUT2D eigenvalue weighted by atomic mass is 10.1. The van der Waals surface area contributed by atoms with Gasteiger partial charge in [0.25, 0.3) is 0 Å². The minimum Gasteiger partial charge on any atom is -0.462 e. The summed E-state index contributed by atoms with van der Waals surface area (Å²) in [5.74, 6) is -0.646. The van der Waals surface area contributed by atoms with Gasteiger partial charge in [-0.3, -0.25) is 9.78 Å². The number of nitrogens with zero attached hydrogens (tertiary/aromatic N) is 1. The highest BCUT2D eigenvalue weighted by molar-refractivity contribution is 6.00. The lowest BCUT2D eigenvalue weighted by molar-refractivity contribution is -0.116. The Morgan fingerprint density at radius 3 is 2.88 bits per heavy atom. The lowest BCUT2D eigenvalue weighted by Gasteiger charge is -2.10. The number of rotatable bonds is 7. The van der Waals surface area contributed by atoms with E-state index >= 15 is 0 Å². The highest BCUT2D eigenvalue weighted by Gasteiger charge is 2.14. The van der Waals surface area contributed by atoms with Crippen LogP contribution in [0.2, 0.25) is 0 Å². The molecule has 1 aromatic heterocycles. The molecule has 126 valence electrons. The number of benzene rings is 1. The van der Waals surface area contributed by atoms with Crippen molar-refractivity contribution in [3.63, 3.8) is 0 Å². The number of carbonyl (C=O) groups is 2. The van der Waals surface area contributed by atoms with Crippen LogP contribution in [0, 0.1) is 0 Å². The van der Waals surface area contributed by atoms with Crippen molar-refractivity contribution in [2.24, 2.45) is 0 Å². The summed E-state index contributed by atoms with van der Waals surface area (Å²) in [4.78, 5) is 27.9. The molecule has 0 fully saturated rings. The van der Waals surface area contributed by atoms with E-state index in [0.717, 1.165) is 12.0 Å². The molecular formula is C18H21N3O3. The predicted molar refractivity (Wildman–Crippen MR) is 92.6 cm³/mol. The Hall–Kier alpha value is -2.89. The molecule has 3 N–H and O–H groups in total. The molecule has 2 rings (SSSR count). The van der Waals surface area contributed by atoms with Gasteiger partial charge in [-0.1, -0.05) is 12.1 Å². The molecule has 0 unspecified atom stereocenters. The first-order valence-corrected chi connectivity index (χ1v) is 7.85. The van der Waals surface area contributed by atoms with Gasteiger partial charge in [-0.2, -0.15) is 0 Å². The fraction of sp³-hybridized carbons (Fsp3) is 0.278. The van der Waals surface area contributed by atoms with Crippen molar-refractivity contribution in [2.45, 2.75) is 26.2 Å². The number of ether oxygens (including phenoxy) is 1. The highest BCUT2D eigenvalue weighted by Crippen LogP contribution is 2.16. The Labute approximate surface area is 141 Å². The summed E-state index contributed by atoms with van der Waals surface area (Å²) in [6.07, 6.45) is 4.72. The number of esters is 1. The number of anilines is 2. The van der Waals surface area contributed by atoms with Crippen molar-refractivity contribution in [2.75, 3.05) is 17.7 Å². The van der Waals surface area contributed by atoms with Crippen LogP contribution in [0.1, 0.15) is 35.7 Å². The average Bonchev–Trinajstić information content (AvgIpc) is 2.55. The lowest BCUT2D eigenvalue weighted by Crippen LogP contribution is -2.16. The van der Waals surface area contributed by atoms with Gasteiger partial charge in [-0.05, 0) is 43.5 Å². The SMILES string of the molecule is CCOC(=O)c1ccncc1NC(=O)CCCc1cccc(N)c1. The first-order chi connectivity index (χ1) is 11.6. The molecule has 6 nitrogen and oxygen atoms in total. The van der Waals surface area contributed by atoms with Gasteiger partial charge in [-0.15, -0.1) is 0 Å². The van der Waals surface area contributed by atoms with Gasteiger partial charge in [0.1, 0.15) is 0 Å². The number of nitrogens with two attached hydrogens (primary N) is 1. The van der Waals surface area contributed by atoms with Crippen molar-refractivity contribution >= 4 is 23.3 Å². The molecule has 0 radical (unpaired) electrons. The molecule has 6 heteroatoms. The number of nitrogen functional groups attached to an aromatic ring is 1. The first kappa shape index (κ1) is 17.5. The smallest absolute Gasteiger partial charge is 0.340 e. The van der Waals surface area contributed by atoms with Crippen LogP contribution in [0.5, 0.6) is 0 Å². The van der Waals surface area contributed by atoms with Gasteiger partial charge in [0.15, 0.2) is 0 Å². The second-order valence-electron chi connectivity index (χ2n) is 5.29. The summed E-state index contributed by atoms with van der Waals surface area (Å²) in [7, 11) is 0. The Kier molecular flexibility index (Phi) is 6.31. The zero-order valence-corrected chi connectivity index (χ0v) is 13.6. The van der Waals surface area contributed by atoms with Crippen molar-refractivity contribution in [1.29, 1.82) is 0 Å². The highest BCUT2D eigenvalue weighted by atomic mass is 16.5. The molecule has 0 bridgehead atoms. The van der Waals surface area contributed by atoms with Gasteiger partial charge in [0.05, 0.1) is 24.1 Å². The van der Waals surface area contributed by atoms with Crippen LogP contribution in [-0.2, 0) is 16.0 Å². The molecular weight excluding hydrogens is 306 g/mol. The first-order valence-electron chi connectivity index (χ1n) is 7.85. The van der Waals surface area contributed by atoms with Crippen LogP contribution < -0.4 is 11.1 Å². The number of nitrogens with one attached hydrogen (secondary N) is 1. The summed E-state index contributed by atoms with van der Waals surface area (Å²) in [6.45, 7) is 2.00. The van der Waals surface area contributed by atoms with Crippen LogP contribution in [0.3, 0.4) is 0 Å². The summed E-state index contributed by atoms with van der Waals surface area (Å²) >= 11 is 0. The van der Waals surface area contributed by atoms with Crippen molar-refractivity contribution in [3.05, 3.63) is 53.9 Å². The minimum atomic E-state index is -0.477. The average molecular weight is 327 g/mol. The van der Waals surface area contributed by atoms with E-state index in [9.17, 15) is 9.59 Å². The van der Waals surface area contributed by atoms with E-state index < -0.39 is 5.97 Å². The third kappa shape index (κ3) is 5.08. The van der Waals surface area contributed by atoms with Gasteiger partial charge < -0.3 is 15.8 Å². The fourth-order valence-corrected chi connectivity index (χ4v) is 2.30. The third-order valence-electron chi connectivity index (χ3n) is 3.41. The van der Waals surface area contributed by atoms with Crippen LogP contribution in [0.4, 0.5) is 11.4 Å². The molecule has 0 aliphatic carbocycles. The summed E-state index contributed by atoms with van der Waals surface area (Å²) in [6, 6.07) is 9.13. The van der Waals surface area contributed by atoms with Gasteiger partial charge in [0.2, 0.25) is 5.91 Å². The monoisotopic (exact) mass is 327 g/mol. The molecule has 0 spiro atoms. The normalized spacial score (nSPS) is 10.2. The van der Waals surface area contributed by atoms with Crippen molar-refractivity contribution < 1.29 is 14.3 Å². The van der Waals surface area contributed by atoms with Crippen LogP contribution in [-0.4, -0.2) is 23.5 Å². The number of hydrogen-bond donors (Lipinski definition) is 2. The predicted octanol–water partition coefficient (Wildman–Crippen LogP) is 2.80.